The molecule has 0 aromatic heterocycles. The average Bonchev–Trinajstić information content (AvgIpc) is 2.45. The fourth-order valence-electron chi connectivity index (χ4n) is 1.40. The van der Waals surface area contributed by atoms with E-state index < -0.39 is 8.22 Å². The lowest BCUT2D eigenvalue weighted by atomic mass is 10.3. The van der Waals surface area contributed by atoms with Gasteiger partial charge in [-0.1, -0.05) is 26.7 Å². The Morgan fingerprint density at radius 3 is 2.24 bits per heavy atom. The highest BCUT2D eigenvalue weighted by Gasteiger charge is 2.17. The molecular formula is C14H29N2O4P. The molecule has 0 saturated carbocycles. The largest absolute Gasteiger partial charge is 0.465 e. The first-order chi connectivity index (χ1) is 10.0. The molecule has 0 saturated heterocycles. The summed E-state index contributed by atoms with van der Waals surface area (Å²) in [4.78, 5) is 23.1. The van der Waals surface area contributed by atoms with Gasteiger partial charge in [0.1, 0.15) is 6.04 Å². The first kappa shape index (κ1) is 20.3. The van der Waals surface area contributed by atoms with Crippen LogP contribution in [-0.2, 0) is 19.1 Å². The summed E-state index contributed by atoms with van der Waals surface area (Å²) in [6, 6.07) is -0.387. The number of rotatable bonds is 12. The van der Waals surface area contributed by atoms with Crippen LogP contribution >= 0.6 is 8.22 Å². The molecule has 7 heteroatoms. The maximum Gasteiger partial charge on any atom is 0.323 e. The van der Waals surface area contributed by atoms with Crippen molar-refractivity contribution in [3.8, 4) is 0 Å². The molecule has 2 atom stereocenters. The summed E-state index contributed by atoms with van der Waals surface area (Å²) in [6.07, 6.45) is 3.75. The number of carbonyl (C=O) groups is 2. The number of hydrogen-bond acceptors (Lipinski definition) is 6. The molecule has 0 amide bonds. The Balaban J connectivity index is 3.78. The zero-order valence-electron chi connectivity index (χ0n) is 13.6. The highest BCUT2D eigenvalue weighted by Crippen LogP contribution is 2.19. The summed E-state index contributed by atoms with van der Waals surface area (Å²) in [7, 11) is -0.824. The number of hydrogen-bond donors (Lipinski definition) is 2. The van der Waals surface area contributed by atoms with Gasteiger partial charge in [-0.05, 0) is 26.4 Å². The minimum absolute atomic E-state index is 0.149. The van der Waals surface area contributed by atoms with E-state index in [9.17, 15) is 9.59 Å². The van der Waals surface area contributed by atoms with Gasteiger partial charge in [-0.3, -0.25) is 19.8 Å². The van der Waals surface area contributed by atoms with Crippen LogP contribution in [0, 0.1) is 0 Å². The summed E-state index contributed by atoms with van der Waals surface area (Å²) < 4.78 is 10.2. The molecule has 21 heavy (non-hydrogen) atoms. The lowest BCUT2D eigenvalue weighted by molar-refractivity contribution is -0.145. The van der Waals surface area contributed by atoms with Crippen molar-refractivity contribution in [3.63, 3.8) is 0 Å². The molecule has 2 N–H and O–H groups in total. The van der Waals surface area contributed by atoms with Crippen molar-refractivity contribution in [2.24, 2.45) is 0 Å². The number of esters is 2. The van der Waals surface area contributed by atoms with Gasteiger partial charge in [0.15, 0.2) is 0 Å². The summed E-state index contributed by atoms with van der Waals surface area (Å²) in [5.41, 5.74) is 0. The van der Waals surface area contributed by atoms with Gasteiger partial charge in [-0.15, -0.1) is 0 Å². The van der Waals surface area contributed by atoms with Crippen molar-refractivity contribution in [2.75, 3.05) is 26.4 Å². The summed E-state index contributed by atoms with van der Waals surface area (Å²) >= 11 is 0. The van der Waals surface area contributed by atoms with Crippen LogP contribution in [0.1, 0.15) is 46.5 Å². The van der Waals surface area contributed by atoms with Crippen LogP contribution in [0.15, 0.2) is 0 Å². The lowest BCUT2D eigenvalue weighted by Gasteiger charge is -2.19. The molecule has 6 nitrogen and oxygen atoms in total. The van der Waals surface area contributed by atoms with E-state index in [1.54, 1.807) is 6.92 Å². The molecule has 0 radical (unpaired) electrons. The third-order valence-electron chi connectivity index (χ3n) is 2.70. The molecule has 0 aliphatic rings. The van der Waals surface area contributed by atoms with Crippen molar-refractivity contribution in [1.82, 2.24) is 10.2 Å². The molecule has 0 spiro atoms. The number of nitrogens with one attached hydrogen (secondary N) is 2. The first-order valence-corrected chi connectivity index (χ1v) is 9.35. The topological polar surface area (TPSA) is 76.7 Å². The van der Waals surface area contributed by atoms with E-state index in [1.165, 1.54) is 0 Å². The Bertz CT molecular complexity index is 303. The van der Waals surface area contributed by atoms with E-state index in [4.69, 9.17) is 9.47 Å². The molecule has 0 aromatic rings. The minimum Gasteiger partial charge on any atom is -0.465 e. The van der Waals surface area contributed by atoms with Crippen LogP contribution < -0.4 is 10.2 Å². The molecule has 1 unspecified atom stereocenters. The van der Waals surface area contributed by atoms with Crippen molar-refractivity contribution in [2.45, 2.75) is 52.5 Å². The average molecular weight is 320 g/mol. The smallest absolute Gasteiger partial charge is 0.323 e. The Kier molecular flexibility index (Phi) is 12.5. The van der Waals surface area contributed by atoms with Crippen molar-refractivity contribution in [1.29, 1.82) is 0 Å². The van der Waals surface area contributed by atoms with Crippen molar-refractivity contribution in [3.05, 3.63) is 0 Å². The monoisotopic (exact) mass is 320 g/mol. The molecule has 0 aromatic carbocycles. The highest BCUT2D eigenvalue weighted by molar-refractivity contribution is 7.52. The fraction of sp³-hybridized carbons (Fsp3) is 0.857. The molecule has 0 fully saturated rings. The molecule has 0 aliphatic carbocycles. The van der Waals surface area contributed by atoms with Gasteiger partial charge >= 0.3 is 11.9 Å². The van der Waals surface area contributed by atoms with Gasteiger partial charge in [0.05, 0.1) is 19.8 Å². The Hall–Kier alpha value is -0.710. The van der Waals surface area contributed by atoms with Crippen molar-refractivity contribution < 1.29 is 19.1 Å². The normalized spacial score (nSPS) is 13.5. The van der Waals surface area contributed by atoms with Gasteiger partial charge < -0.3 is 9.47 Å². The van der Waals surface area contributed by atoms with Gasteiger partial charge in [-0.25, -0.2) is 0 Å². The SMILES string of the molecule is CCCCOC(=O)CNP(C)N[C@@H](C)C(=O)OCCCC. The van der Waals surface area contributed by atoms with Crippen LogP contribution in [0.2, 0.25) is 0 Å². The van der Waals surface area contributed by atoms with Crippen LogP contribution in [0.25, 0.3) is 0 Å². The van der Waals surface area contributed by atoms with Crippen LogP contribution in [0.5, 0.6) is 0 Å². The second kappa shape index (κ2) is 13.0. The molecule has 0 heterocycles. The van der Waals surface area contributed by atoms with Gasteiger partial charge in [0.2, 0.25) is 0 Å². The van der Waals surface area contributed by atoms with Gasteiger partial charge in [-0.2, -0.15) is 0 Å². The molecule has 0 rings (SSSR count). The maximum absolute atomic E-state index is 11.7. The second-order valence-corrected chi connectivity index (χ2v) is 6.53. The molecular weight excluding hydrogens is 291 g/mol. The summed E-state index contributed by atoms with van der Waals surface area (Å²) in [5.74, 6) is -0.525. The zero-order valence-corrected chi connectivity index (χ0v) is 14.5. The predicted molar refractivity (Wildman–Crippen MR) is 85.2 cm³/mol. The van der Waals surface area contributed by atoms with E-state index in [2.05, 4.69) is 10.2 Å². The predicted octanol–water partition coefficient (Wildman–Crippen LogP) is 2.18. The maximum atomic E-state index is 11.7. The summed E-state index contributed by atoms with van der Waals surface area (Å²) in [5, 5.41) is 6.13. The number of unbranched alkanes of at least 4 members (excludes halogenated alkanes) is 2. The minimum atomic E-state index is -0.824. The van der Waals surface area contributed by atoms with E-state index in [1.807, 2.05) is 20.5 Å². The summed E-state index contributed by atoms with van der Waals surface area (Å²) in [6.45, 7) is 8.83. The van der Waals surface area contributed by atoms with Gasteiger partial charge in [0.25, 0.3) is 0 Å². The first-order valence-electron chi connectivity index (χ1n) is 7.56. The van der Waals surface area contributed by atoms with Crippen LogP contribution in [0.3, 0.4) is 0 Å². The van der Waals surface area contributed by atoms with Crippen molar-refractivity contribution >= 4 is 20.2 Å². The third-order valence-corrected chi connectivity index (χ3v) is 4.11. The van der Waals surface area contributed by atoms with E-state index in [0.717, 1.165) is 25.7 Å². The Labute approximate surface area is 129 Å². The highest BCUT2D eigenvalue weighted by atomic mass is 31.1. The molecule has 124 valence electrons. The zero-order chi connectivity index (χ0) is 16.1. The standard InChI is InChI=1S/C14H29N2O4P/c1-5-7-9-19-13(17)11-15-21(4)16-12(3)14(18)20-10-8-6-2/h12,15-16H,5-11H2,1-4H3/t12-,21?/m0/s1. The number of carbonyl (C=O) groups excluding carboxylic acids is 2. The second-order valence-electron chi connectivity index (χ2n) is 4.84. The van der Waals surface area contributed by atoms with Gasteiger partial charge in [0, 0.05) is 8.22 Å². The van der Waals surface area contributed by atoms with E-state index in [0.29, 0.717) is 13.2 Å². The van der Waals surface area contributed by atoms with E-state index >= 15 is 0 Å². The van der Waals surface area contributed by atoms with E-state index in [-0.39, 0.29) is 24.5 Å². The fourth-order valence-corrected chi connectivity index (χ4v) is 2.54. The van der Waals surface area contributed by atoms with Crippen LogP contribution in [0.4, 0.5) is 0 Å². The third kappa shape index (κ3) is 11.6. The molecule has 0 aliphatic heterocycles. The quantitative estimate of drug-likeness (QED) is 0.326. The van der Waals surface area contributed by atoms with Crippen LogP contribution in [-0.4, -0.2) is 44.4 Å². The number of ether oxygens (including phenoxy) is 2. The Morgan fingerprint density at radius 1 is 1.10 bits per heavy atom. The Morgan fingerprint density at radius 2 is 1.67 bits per heavy atom. The lowest BCUT2D eigenvalue weighted by Crippen LogP contribution is -2.36. The molecule has 0 bridgehead atoms.